The Balaban J connectivity index is 1.79. The van der Waals surface area contributed by atoms with Gasteiger partial charge in [0, 0.05) is 13.0 Å². The fraction of sp³-hybridized carbons (Fsp3) is 0.550. The molecule has 1 heterocycles. The minimum Gasteiger partial charge on any atom is -0.434 e. The molecule has 1 aliphatic heterocycles. The molecule has 1 aromatic rings. The molecule has 1 aromatic carbocycles. The normalized spacial score (nSPS) is 16.6. The van der Waals surface area contributed by atoms with E-state index in [4.69, 9.17) is 9.47 Å². The van der Waals surface area contributed by atoms with Crippen molar-refractivity contribution in [2.45, 2.75) is 52.0 Å². The first-order valence-corrected chi connectivity index (χ1v) is 9.19. The van der Waals surface area contributed by atoms with Gasteiger partial charge in [-0.25, -0.2) is 9.59 Å². The molecule has 0 aromatic heterocycles. The second-order valence-electron chi connectivity index (χ2n) is 6.96. The smallest absolute Gasteiger partial charge is 0.434 e. The molecule has 1 aliphatic rings. The molecule has 2 rings (SSSR count). The zero-order chi connectivity index (χ0) is 18.9. The highest BCUT2D eigenvalue weighted by molar-refractivity contribution is 5.89. The van der Waals surface area contributed by atoms with Crippen LogP contribution in [0.2, 0.25) is 0 Å². The molecule has 26 heavy (non-hydrogen) atoms. The lowest BCUT2D eigenvalue weighted by Gasteiger charge is -2.22. The summed E-state index contributed by atoms with van der Waals surface area (Å²) in [5, 5.41) is 0. The third-order valence-electron chi connectivity index (χ3n) is 4.26. The number of carbonyl (C=O) groups excluding carboxylic acids is 3. The van der Waals surface area contributed by atoms with Crippen LogP contribution in [0.3, 0.4) is 0 Å². The first-order chi connectivity index (χ1) is 12.5. The van der Waals surface area contributed by atoms with E-state index in [0.717, 1.165) is 19.3 Å². The van der Waals surface area contributed by atoms with Gasteiger partial charge < -0.3 is 14.4 Å². The Morgan fingerprint density at radius 3 is 2.62 bits per heavy atom. The lowest BCUT2D eigenvalue weighted by molar-refractivity contribution is -0.150. The molecule has 0 bridgehead atoms. The fourth-order valence-corrected chi connectivity index (χ4v) is 2.96. The number of esters is 1. The highest BCUT2D eigenvalue weighted by atomic mass is 16.7. The topological polar surface area (TPSA) is 72.9 Å². The summed E-state index contributed by atoms with van der Waals surface area (Å²) in [5.41, 5.74) is 1.19. The van der Waals surface area contributed by atoms with Crippen molar-refractivity contribution in [1.29, 1.82) is 0 Å². The molecule has 1 atom stereocenters. The SMILES string of the molecule is CC(C)COC(=O)OC(=O)[C@@H]1CCCN1C(=O)CCCc1ccccc1. The molecule has 1 fully saturated rings. The molecular weight excluding hydrogens is 334 g/mol. The zero-order valence-corrected chi connectivity index (χ0v) is 15.5. The summed E-state index contributed by atoms with van der Waals surface area (Å²) in [6, 6.07) is 9.28. The summed E-state index contributed by atoms with van der Waals surface area (Å²) in [5.74, 6) is -0.615. The lowest BCUT2D eigenvalue weighted by Crippen LogP contribution is -2.42. The number of likely N-dealkylation sites (tertiary alicyclic amines) is 1. The van der Waals surface area contributed by atoms with Crippen molar-refractivity contribution in [3.05, 3.63) is 35.9 Å². The molecular formula is C20H27NO5. The van der Waals surface area contributed by atoms with Gasteiger partial charge in [-0.2, -0.15) is 0 Å². The van der Waals surface area contributed by atoms with Crippen LogP contribution in [0.25, 0.3) is 0 Å². The van der Waals surface area contributed by atoms with Gasteiger partial charge in [0.1, 0.15) is 6.04 Å². The van der Waals surface area contributed by atoms with Crippen molar-refractivity contribution in [3.63, 3.8) is 0 Å². The van der Waals surface area contributed by atoms with Crippen molar-refractivity contribution >= 4 is 18.0 Å². The Kier molecular flexibility index (Phi) is 7.63. The Bertz CT molecular complexity index is 614. The van der Waals surface area contributed by atoms with Gasteiger partial charge in [-0.05, 0) is 37.2 Å². The first-order valence-electron chi connectivity index (χ1n) is 9.19. The van der Waals surface area contributed by atoms with Crippen LogP contribution in [-0.2, 0) is 25.5 Å². The molecule has 0 aliphatic carbocycles. The van der Waals surface area contributed by atoms with Crippen LogP contribution in [0.1, 0.15) is 45.1 Å². The second-order valence-corrected chi connectivity index (χ2v) is 6.96. The van der Waals surface area contributed by atoms with E-state index in [2.05, 4.69) is 0 Å². The third kappa shape index (κ3) is 6.17. The van der Waals surface area contributed by atoms with Crippen LogP contribution in [-0.4, -0.2) is 42.1 Å². The van der Waals surface area contributed by atoms with E-state index in [9.17, 15) is 14.4 Å². The van der Waals surface area contributed by atoms with Crippen molar-refractivity contribution in [3.8, 4) is 0 Å². The number of hydrogen-bond acceptors (Lipinski definition) is 5. The number of nitrogens with zero attached hydrogens (tertiary/aromatic N) is 1. The molecule has 142 valence electrons. The molecule has 6 nitrogen and oxygen atoms in total. The Morgan fingerprint density at radius 1 is 1.19 bits per heavy atom. The fourth-order valence-electron chi connectivity index (χ4n) is 2.96. The van der Waals surface area contributed by atoms with E-state index in [1.54, 1.807) is 0 Å². The molecule has 0 N–H and O–H groups in total. The van der Waals surface area contributed by atoms with E-state index in [1.165, 1.54) is 10.5 Å². The van der Waals surface area contributed by atoms with E-state index < -0.39 is 18.2 Å². The van der Waals surface area contributed by atoms with Crippen LogP contribution in [0.4, 0.5) is 4.79 Å². The van der Waals surface area contributed by atoms with Crippen LogP contribution in [0.5, 0.6) is 0 Å². The highest BCUT2D eigenvalue weighted by Crippen LogP contribution is 2.20. The van der Waals surface area contributed by atoms with Gasteiger partial charge in [-0.15, -0.1) is 0 Å². The van der Waals surface area contributed by atoms with Gasteiger partial charge in [-0.1, -0.05) is 44.2 Å². The van der Waals surface area contributed by atoms with E-state index in [-0.39, 0.29) is 18.4 Å². The van der Waals surface area contributed by atoms with Crippen LogP contribution in [0.15, 0.2) is 30.3 Å². The van der Waals surface area contributed by atoms with Crippen LogP contribution >= 0.6 is 0 Å². The molecule has 0 unspecified atom stereocenters. The van der Waals surface area contributed by atoms with Crippen molar-refractivity contribution < 1.29 is 23.9 Å². The van der Waals surface area contributed by atoms with Crippen molar-refractivity contribution in [1.82, 2.24) is 4.90 Å². The number of hydrogen-bond donors (Lipinski definition) is 0. The summed E-state index contributed by atoms with van der Waals surface area (Å²) in [7, 11) is 0. The maximum atomic E-state index is 12.5. The number of rotatable bonds is 7. The first kappa shape index (κ1) is 19.9. The minimum absolute atomic E-state index is 0.0732. The number of benzene rings is 1. The van der Waals surface area contributed by atoms with E-state index >= 15 is 0 Å². The average molecular weight is 361 g/mol. The van der Waals surface area contributed by atoms with Gasteiger partial charge >= 0.3 is 12.1 Å². The predicted octanol–water partition coefficient (Wildman–Crippen LogP) is 3.34. The monoisotopic (exact) mass is 361 g/mol. The molecule has 1 amide bonds. The summed E-state index contributed by atoms with van der Waals surface area (Å²) >= 11 is 0. The summed E-state index contributed by atoms with van der Waals surface area (Å²) in [6.45, 7) is 4.49. The molecule has 0 saturated carbocycles. The average Bonchev–Trinajstić information content (AvgIpc) is 3.11. The largest absolute Gasteiger partial charge is 0.516 e. The standard InChI is InChI=1S/C20H27NO5/c1-15(2)14-25-20(24)26-19(23)17-11-7-13-21(17)18(22)12-6-10-16-8-4-3-5-9-16/h3-5,8-9,15,17H,6-7,10-14H2,1-2H3/t17-/m0/s1. The zero-order valence-electron chi connectivity index (χ0n) is 15.5. The maximum Gasteiger partial charge on any atom is 0.516 e. The van der Waals surface area contributed by atoms with E-state index in [0.29, 0.717) is 19.4 Å². The van der Waals surface area contributed by atoms with Gasteiger partial charge in [0.05, 0.1) is 6.61 Å². The quantitative estimate of drug-likeness (QED) is 0.550. The van der Waals surface area contributed by atoms with Gasteiger partial charge in [0.15, 0.2) is 0 Å². The van der Waals surface area contributed by atoms with Crippen LogP contribution in [0, 0.1) is 5.92 Å². The predicted molar refractivity (Wildman–Crippen MR) is 96.4 cm³/mol. The number of amides is 1. The molecule has 0 radical (unpaired) electrons. The number of aryl methyl sites for hydroxylation is 1. The maximum absolute atomic E-state index is 12.5. The highest BCUT2D eigenvalue weighted by Gasteiger charge is 2.36. The van der Waals surface area contributed by atoms with Crippen molar-refractivity contribution in [2.75, 3.05) is 13.2 Å². The Labute approximate surface area is 154 Å². The summed E-state index contributed by atoms with van der Waals surface area (Å²) < 4.78 is 9.60. The van der Waals surface area contributed by atoms with Gasteiger partial charge in [0.25, 0.3) is 0 Å². The van der Waals surface area contributed by atoms with Gasteiger partial charge in [-0.3, -0.25) is 4.79 Å². The second kappa shape index (κ2) is 9.94. The molecule has 0 spiro atoms. The van der Waals surface area contributed by atoms with E-state index in [1.807, 2.05) is 44.2 Å². The molecule has 6 heteroatoms. The molecule has 1 saturated heterocycles. The van der Waals surface area contributed by atoms with Crippen LogP contribution < -0.4 is 0 Å². The minimum atomic E-state index is -0.993. The van der Waals surface area contributed by atoms with Gasteiger partial charge in [0.2, 0.25) is 5.91 Å². The summed E-state index contributed by atoms with van der Waals surface area (Å²) in [6.07, 6.45) is 2.16. The van der Waals surface area contributed by atoms with Crippen molar-refractivity contribution in [2.24, 2.45) is 5.92 Å². The Morgan fingerprint density at radius 2 is 1.92 bits per heavy atom. The number of carbonyl (C=O) groups is 3. The Hall–Kier alpha value is -2.37. The lowest BCUT2D eigenvalue weighted by atomic mass is 10.1. The summed E-state index contributed by atoms with van der Waals surface area (Å²) in [4.78, 5) is 37.7. The number of ether oxygens (including phenoxy) is 2. The third-order valence-corrected chi connectivity index (χ3v) is 4.26.